The van der Waals surface area contributed by atoms with Crippen molar-refractivity contribution in [2.45, 2.75) is 45.3 Å². The number of aryl methyl sites for hydroxylation is 2. The predicted molar refractivity (Wildman–Crippen MR) is 145 cm³/mol. The van der Waals surface area contributed by atoms with Crippen molar-refractivity contribution in [2.24, 2.45) is 4.99 Å². The standard InChI is InChI=1S/C25H32FN7.HI/c1-2-27-25(31-21-12-16-33(19-21)24-22(26)11-6-13-29-24)30-18-23-28-14-17-32(23)15-7-10-20-8-4-3-5-9-20;/h3-6,8-9,11,13-14,17,21H,2,7,10,12,15-16,18-19H2,1H3,(H2,27,30,31);1H. The molecule has 3 heterocycles. The second-order valence-corrected chi connectivity index (χ2v) is 8.21. The van der Waals surface area contributed by atoms with Gasteiger partial charge in [0.05, 0.1) is 0 Å². The van der Waals surface area contributed by atoms with Crippen LogP contribution in [0.2, 0.25) is 0 Å². The molecule has 0 aliphatic carbocycles. The van der Waals surface area contributed by atoms with Crippen LogP contribution in [0.15, 0.2) is 66.0 Å². The summed E-state index contributed by atoms with van der Waals surface area (Å²) in [5.41, 5.74) is 1.35. The highest BCUT2D eigenvalue weighted by molar-refractivity contribution is 14.0. The fourth-order valence-corrected chi connectivity index (χ4v) is 4.14. The van der Waals surface area contributed by atoms with E-state index in [4.69, 9.17) is 4.99 Å². The van der Waals surface area contributed by atoms with Crippen LogP contribution in [0, 0.1) is 5.82 Å². The lowest BCUT2D eigenvalue weighted by Crippen LogP contribution is -2.44. The Morgan fingerprint density at radius 2 is 2.00 bits per heavy atom. The molecular weight excluding hydrogens is 544 g/mol. The number of benzene rings is 1. The Labute approximate surface area is 217 Å². The molecule has 0 amide bonds. The maximum Gasteiger partial charge on any atom is 0.191 e. The van der Waals surface area contributed by atoms with Gasteiger partial charge < -0.3 is 20.1 Å². The van der Waals surface area contributed by atoms with Crippen LogP contribution in [0.5, 0.6) is 0 Å². The second-order valence-electron chi connectivity index (χ2n) is 8.21. The molecule has 3 aromatic rings. The summed E-state index contributed by atoms with van der Waals surface area (Å²) in [6.07, 6.45) is 8.48. The SMILES string of the molecule is CCNC(=NCc1nccn1CCCc1ccccc1)NC1CCN(c2ncccc2F)C1.I. The predicted octanol–water partition coefficient (Wildman–Crippen LogP) is 4.00. The van der Waals surface area contributed by atoms with Gasteiger partial charge in [-0.1, -0.05) is 30.3 Å². The second kappa shape index (κ2) is 13.3. The maximum atomic E-state index is 14.1. The first-order valence-corrected chi connectivity index (χ1v) is 11.7. The Morgan fingerprint density at radius 1 is 1.15 bits per heavy atom. The quantitative estimate of drug-likeness (QED) is 0.229. The van der Waals surface area contributed by atoms with Gasteiger partial charge in [-0.05, 0) is 43.9 Å². The zero-order valence-corrected chi connectivity index (χ0v) is 21.9. The minimum Gasteiger partial charge on any atom is -0.357 e. The fraction of sp³-hybridized carbons (Fsp3) is 0.400. The van der Waals surface area contributed by atoms with Crippen molar-refractivity contribution in [3.05, 3.63) is 78.3 Å². The van der Waals surface area contributed by atoms with Gasteiger partial charge >= 0.3 is 0 Å². The van der Waals surface area contributed by atoms with Crippen LogP contribution in [0.3, 0.4) is 0 Å². The molecule has 1 aliphatic rings. The Kier molecular flexibility index (Phi) is 10.1. The number of aliphatic imine (C=N–C) groups is 1. The van der Waals surface area contributed by atoms with E-state index in [0.717, 1.165) is 50.7 Å². The molecule has 7 nitrogen and oxygen atoms in total. The summed E-state index contributed by atoms with van der Waals surface area (Å²) in [4.78, 5) is 15.5. The van der Waals surface area contributed by atoms with Gasteiger partial charge in [-0.25, -0.2) is 19.4 Å². The third-order valence-electron chi connectivity index (χ3n) is 5.80. The van der Waals surface area contributed by atoms with Crippen LogP contribution >= 0.6 is 24.0 Å². The molecule has 0 saturated carbocycles. The number of guanidine groups is 1. The lowest BCUT2D eigenvalue weighted by Gasteiger charge is -2.20. The molecule has 0 radical (unpaired) electrons. The van der Waals surface area contributed by atoms with E-state index in [1.807, 2.05) is 30.3 Å². The first kappa shape index (κ1) is 25.9. The number of aromatic nitrogens is 3. The molecule has 1 atom stereocenters. The minimum atomic E-state index is -0.280. The molecule has 1 saturated heterocycles. The normalized spacial score (nSPS) is 15.8. The van der Waals surface area contributed by atoms with Crippen molar-refractivity contribution < 1.29 is 4.39 Å². The van der Waals surface area contributed by atoms with Crippen LogP contribution in [0.4, 0.5) is 10.2 Å². The van der Waals surface area contributed by atoms with Crippen molar-refractivity contribution in [1.29, 1.82) is 0 Å². The zero-order chi connectivity index (χ0) is 22.9. The molecule has 9 heteroatoms. The zero-order valence-electron chi connectivity index (χ0n) is 19.5. The monoisotopic (exact) mass is 577 g/mol. The van der Waals surface area contributed by atoms with Crippen molar-refractivity contribution in [2.75, 3.05) is 24.5 Å². The number of hydrogen-bond acceptors (Lipinski definition) is 4. The van der Waals surface area contributed by atoms with E-state index in [0.29, 0.717) is 18.9 Å². The Bertz CT molecular complexity index is 1040. The molecule has 2 N–H and O–H groups in total. The highest BCUT2D eigenvalue weighted by Gasteiger charge is 2.26. The van der Waals surface area contributed by atoms with Gasteiger partial charge in [0.1, 0.15) is 12.4 Å². The van der Waals surface area contributed by atoms with Crippen molar-refractivity contribution >= 4 is 35.8 Å². The van der Waals surface area contributed by atoms with E-state index in [9.17, 15) is 4.39 Å². The summed E-state index contributed by atoms with van der Waals surface area (Å²) >= 11 is 0. The number of halogens is 2. The number of nitrogens with zero attached hydrogens (tertiary/aromatic N) is 5. The van der Waals surface area contributed by atoms with Crippen LogP contribution in [-0.4, -0.2) is 46.2 Å². The number of imidazole rings is 1. The van der Waals surface area contributed by atoms with Crippen LogP contribution in [-0.2, 0) is 19.5 Å². The van der Waals surface area contributed by atoms with Gasteiger partial charge in [-0.15, -0.1) is 24.0 Å². The molecular formula is C25H33FIN7. The van der Waals surface area contributed by atoms with E-state index in [1.165, 1.54) is 11.6 Å². The van der Waals surface area contributed by atoms with E-state index < -0.39 is 0 Å². The molecule has 0 bridgehead atoms. The van der Waals surface area contributed by atoms with Crippen molar-refractivity contribution in [3.8, 4) is 0 Å². The van der Waals surface area contributed by atoms with Gasteiger partial charge in [0.15, 0.2) is 17.6 Å². The van der Waals surface area contributed by atoms with E-state index in [-0.39, 0.29) is 35.8 Å². The lowest BCUT2D eigenvalue weighted by atomic mass is 10.1. The summed E-state index contributed by atoms with van der Waals surface area (Å²) in [5.74, 6) is 1.84. The van der Waals surface area contributed by atoms with Gasteiger partial charge in [0.2, 0.25) is 0 Å². The number of rotatable bonds is 9. The van der Waals surface area contributed by atoms with E-state index in [1.54, 1.807) is 12.3 Å². The maximum absolute atomic E-state index is 14.1. The average molecular weight is 577 g/mol. The van der Waals surface area contributed by atoms with Crippen molar-refractivity contribution in [1.82, 2.24) is 25.2 Å². The van der Waals surface area contributed by atoms with Gasteiger partial charge in [-0.2, -0.15) is 0 Å². The molecule has 1 fully saturated rings. The molecule has 34 heavy (non-hydrogen) atoms. The third kappa shape index (κ3) is 7.15. The van der Waals surface area contributed by atoms with E-state index >= 15 is 0 Å². The summed E-state index contributed by atoms with van der Waals surface area (Å²) in [7, 11) is 0. The van der Waals surface area contributed by atoms with Gasteiger partial charge in [0, 0.05) is 50.8 Å². The Balaban J connectivity index is 0.00000324. The molecule has 4 rings (SSSR count). The number of anilines is 1. The summed E-state index contributed by atoms with van der Waals surface area (Å²) in [6.45, 7) is 5.67. The Hall–Kier alpha value is -2.69. The summed E-state index contributed by atoms with van der Waals surface area (Å²) in [6, 6.07) is 13.8. The fourth-order valence-electron chi connectivity index (χ4n) is 4.14. The van der Waals surface area contributed by atoms with Gasteiger partial charge in [0.25, 0.3) is 0 Å². The lowest BCUT2D eigenvalue weighted by molar-refractivity contribution is 0.606. The summed E-state index contributed by atoms with van der Waals surface area (Å²) < 4.78 is 16.3. The number of nitrogens with one attached hydrogen (secondary N) is 2. The number of pyridine rings is 1. The van der Waals surface area contributed by atoms with E-state index in [2.05, 4.69) is 49.4 Å². The highest BCUT2D eigenvalue weighted by Crippen LogP contribution is 2.20. The van der Waals surface area contributed by atoms with Crippen LogP contribution < -0.4 is 15.5 Å². The van der Waals surface area contributed by atoms with Crippen LogP contribution in [0.1, 0.15) is 31.2 Å². The molecule has 2 aromatic heterocycles. The molecule has 1 aliphatic heterocycles. The topological polar surface area (TPSA) is 70.4 Å². The molecule has 1 aromatic carbocycles. The first-order valence-electron chi connectivity index (χ1n) is 11.7. The third-order valence-corrected chi connectivity index (χ3v) is 5.80. The van der Waals surface area contributed by atoms with Gasteiger partial charge in [-0.3, -0.25) is 0 Å². The smallest absolute Gasteiger partial charge is 0.191 e. The average Bonchev–Trinajstić information content (AvgIpc) is 3.48. The highest BCUT2D eigenvalue weighted by atomic mass is 127. The first-order chi connectivity index (χ1) is 16.2. The minimum absolute atomic E-state index is 0. The Morgan fingerprint density at radius 3 is 2.79 bits per heavy atom. The number of hydrogen-bond donors (Lipinski definition) is 2. The van der Waals surface area contributed by atoms with Crippen LogP contribution in [0.25, 0.3) is 0 Å². The van der Waals surface area contributed by atoms with Crippen molar-refractivity contribution in [3.63, 3.8) is 0 Å². The molecule has 1 unspecified atom stereocenters. The molecule has 182 valence electrons. The molecule has 0 spiro atoms. The summed E-state index contributed by atoms with van der Waals surface area (Å²) in [5, 5.41) is 6.81. The largest absolute Gasteiger partial charge is 0.357 e.